The third-order valence-electron chi connectivity index (χ3n) is 9.60. The molecule has 7 nitrogen and oxygen atoms in total. The van der Waals surface area contributed by atoms with Crippen molar-refractivity contribution in [3.8, 4) is 0 Å². The van der Waals surface area contributed by atoms with Gasteiger partial charge in [-0.3, -0.25) is 4.79 Å². The fraction of sp³-hybridized carbons (Fsp3) is 0.944. The molecule has 0 spiro atoms. The number of rotatable bonds is 27. The summed E-state index contributed by atoms with van der Waals surface area (Å²) >= 11 is 0. The van der Waals surface area contributed by atoms with Gasteiger partial charge >= 0.3 is 5.97 Å². The molecule has 1 unspecified atom stereocenters. The van der Waals surface area contributed by atoms with Gasteiger partial charge in [0.05, 0.1) is 36.4 Å². The van der Waals surface area contributed by atoms with Gasteiger partial charge in [0.1, 0.15) is 11.9 Å². The fourth-order valence-corrected chi connectivity index (χ4v) is 6.86. The molecule has 2 aliphatic rings. The zero-order valence-electron chi connectivity index (χ0n) is 27.7. The molecule has 3 N–H and O–H groups in total. The Morgan fingerprint density at radius 3 is 1.74 bits per heavy atom. The van der Waals surface area contributed by atoms with Crippen molar-refractivity contribution < 1.29 is 34.4 Å². The van der Waals surface area contributed by atoms with Crippen LogP contribution >= 0.6 is 0 Å². The number of ketones is 1. The van der Waals surface area contributed by atoms with E-state index in [2.05, 4.69) is 6.92 Å². The number of carbonyl (C=O) groups excluding carboxylic acids is 2. The van der Waals surface area contributed by atoms with Crippen LogP contribution < -0.4 is 0 Å². The number of Topliss-reactive ketones (excluding diaryl/α,β-unsaturated/α-hetero) is 1. The van der Waals surface area contributed by atoms with E-state index in [0.717, 1.165) is 83.5 Å². The van der Waals surface area contributed by atoms with Crippen LogP contribution in [0.2, 0.25) is 0 Å². The average molecular weight is 611 g/mol. The molecule has 2 fully saturated rings. The maximum atomic E-state index is 11.8. The first-order valence-electron chi connectivity index (χ1n) is 18.2. The maximum absolute atomic E-state index is 11.8. The van der Waals surface area contributed by atoms with E-state index < -0.39 is 12.2 Å². The highest BCUT2D eigenvalue weighted by molar-refractivity contribution is 5.83. The number of esters is 1. The third-order valence-corrected chi connectivity index (χ3v) is 9.60. The van der Waals surface area contributed by atoms with Crippen LogP contribution in [0.5, 0.6) is 0 Å². The molecule has 0 radical (unpaired) electrons. The lowest BCUT2D eigenvalue weighted by molar-refractivity contribution is -0.145. The largest absolute Gasteiger partial charge is 0.462 e. The number of cyclic esters (lactones) is 1. The number of hydrogen-bond donors (Lipinski definition) is 3. The second kappa shape index (κ2) is 23.3. The van der Waals surface area contributed by atoms with Crippen LogP contribution in [0.25, 0.3) is 0 Å². The molecule has 0 aliphatic carbocycles. The average Bonchev–Trinajstić information content (AvgIpc) is 3.60. The lowest BCUT2D eigenvalue weighted by Gasteiger charge is -2.22. The zero-order chi connectivity index (χ0) is 31.3. The van der Waals surface area contributed by atoms with Crippen LogP contribution in [0.3, 0.4) is 0 Å². The van der Waals surface area contributed by atoms with Gasteiger partial charge in [0.15, 0.2) is 0 Å². The van der Waals surface area contributed by atoms with E-state index in [4.69, 9.17) is 9.47 Å². The Morgan fingerprint density at radius 1 is 0.721 bits per heavy atom. The van der Waals surface area contributed by atoms with Crippen LogP contribution in [0.1, 0.15) is 174 Å². The van der Waals surface area contributed by atoms with Crippen LogP contribution in [0.15, 0.2) is 0 Å². The predicted octanol–water partition coefficient (Wildman–Crippen LogP) is 7.74. The summed E-state index contributed by atoms with van der Waals surface area (Å²) in [6, 6.07) is 0. The minimum absolute atomic E-state index is 0.0410. The highest BCUT2D eigenvalue weighted by Gasteiger charge is 2.35. The Hall–Kier alpha value is -1.02. The number of carbonyl (C=O) groups is 2. The number of aliphatic hydroxyl groups is 3. The molecule has 7 heteroatoms. The van der Waals surface area contributed by atoms with Crippen molar-refractivity contribution in [2.24, 2.45) is 5.92 Å². The smallest absolute Gasteiger partial charge is 0.309 e. The van der Waals surface area contributed by atoms with E-state index >= 15 is 0 Å². The summed E-state index contributed by atoms with van der Waals surface area (Å²) in [6.45, 7) is 3.77. The van der Waals surface area contributed by atoms with E-state index in [1.54, 1.807) is 0 Å². The highest BCUT2D eigenvalue weighted by Crippen LogP contribution is 2.29. The summed E-state index contributed by atoms with van der Waals surface area (Å²) in [7, 11) is 0. The number of unbranched alkanes of at least 4 members (excludes halogenated alkanes) is 13. The van der Waals surface area contributed by atoms with Crippen LogP contribution in [-0.2, 0) is 19.1 Å². The first-order valence-corrected chi connectivity index (χ1v) is 18.2. The van der Waals surface area contributed by atoms with Gasteiger partial charge in [-0.05, 0) is 64.7 Å². The van der Waals surface area contributed by atoms with Crippen molar-refractivity contribution in [1.82, 2.24) is 0 Å². The monoisotopic (exact) mass is 610 g/mol. The molecule has 252 valence electrons. The first kappa shape index (κ1) is 38.2. The first-order chi connectivity index (χ1) is 20.8. The quantitative estimate of drug-likeness (QED) is 0.0644. The molecular weight excluding hydrogens is 544 g/mol. The number of hydrogen-bond acceptors (Lipinski definition) is 7. The van der Waals surface area contributed by atoms with E-state index in [-0.39, 0.29) is 42.1 Å². The van der Waals surface area contributed by atoms with E-state index in [1.807, 2.05) is 0 Å². The van der Waals surface area contributed by atoms with Gasteiger partial charge in [0, 0.05) is 6.42 Å². The van der Waals surface area contributed by atoms with E-state index in [1.165, 1.54) is 64.7 Å². The Labute approximate surface area is 262 Å². The van der Waals surface area contributed by atoms with Crippen molar-refractivity contribution in [3.63, 3.8) is 0 Å². The second-order valence-electron chi connectivity index (χ2n) is 13.7. The molecule has 0 aromatic rings. The summed E-state index contributed by atoms with van der Waals surface area (Å²) in [5.41, 5.74) is 0. The molecule has 0 aromatic carbocycles. The van der Waals surface area contributed by atoms with Gasteiger partial charge in [-0.1, -0.05) is 103 Å². The van der Waals surface area contributed by atoms with Gasteiger partial charge in [0.25, 0.3) is 0 Å². The molecule has 0 amide bonds. The second-order valence-corrected chi connectivity index (χ2v) is 13.7. The molecular formula is C36H66O7. The van der Waals surface area contributed by atoms with Gasteiger partial charge in [-0.2, -0.15) is 0 Å². The Kier molecular flexibility index (Phi) is 20.7. The number of aliphatic hydroxyl groups excluding tert-OH is 3. The lowest BCUT2D eigenvalue weighted by Crippen LogP contribution is -2.31. The topological polar surface area (TPSA) is 113 Å². The predicted molar refractivity (Wildman–Crippen MR) is 172 cm³/mol. The summed E-state index contributed by atoms with van der Waals surface area (Å²) < 4.78 is 11.5. The van der Waals surface area contributed by atoms with Gasteiger partial charge < -0.3 is 29.6 Å². The third kappa shape index (κ3) is 17.3. The lowest BCUT2D eigenvalue weighted by atomic mass is 9.96. The molecule has 2 saturated heterocycles. The van der Waals surface area contributed by atoms with Crippen LogP contribution in [-0.4, -0.2) is 63.7 Å². The summed E-state index contributed by atoms with van der Waals surface area (Å²) in [4.78, 5) is 23.1. The zero-order valence-corrected chi connectivity index (χ0v) is 27.7. The molecule has 43 heavy (non-hydrogen) atoms. The minimum atomic E-state index is -0.497. The Morgan fingerprint density at radius 2 is 1.19 bits per heavy atom. The molecule has 7 atom stereocenters. The summed E-state index contributed by atoms with van der Waals surface area (Å²) in [5, 5.41) is 31.6. The van der Waals surface area contributed by atoms with E-state index in [9.17, 15) is 24.9 Å². The van der Waals surface area contributed by atoms with Crippen molar-refractivity contribution >= 4 is 11.8 Å². The minimum Gasteiger partial charge on any atom is -0.462 e. The standard InChI is InChI=1S/C36H66O7/c1-3-4-5-6-7-8-9-10-11-16-22-32(39)34-24-25-35(43-34)33(40)23-18-17-20-30(38)19-14-12-13-15-21-31-27-29(26-28(2)37)36(41)42-31/h29-35,38-40H,3-27H2,1-2H3/t29?,30-,31-,32-,33-,34-,35-/m1/s1. The molecule has 2 heterocycles. The number of ether oxygens (including phenoxy) is 2. The van der Waals surface area contributed by atoms with Crippen molar-refractivity contribution in [2.75, 3.05) is 0 Å². The summed E-state index contributed by atoms with van der Waals surface area (Å²) in [6.07, 6.45) is 23.7. The van der Waals surface area contributed by atoms with Crippen molar-refractivity contribution in [1.29, 1.82) is 0 Å². The molecule has 2 aliphatic heterocycles. The van der Waals surface area contributed by atoms with Crippen LogP contribution in [0.4, 0.5) is 0 Å². The Balaban J connectivity index is 1.40. The normalized spacial score (nSPS) is 24.3. The van der Waals surface area contributed by atoms with Crippen LogP contribution in [0, 0.1) is 5.92 Å². The fourth-order valence-electron chi connectivity index (χ4n) is 6.86. The SMILES string of the molecule is CCCCCCCCCCCC[C@@H](O)[C@H]1CC[C@H]([C@H](O)CCCC[C@H](O)CCCCCC[C@@H]2CC(CC(C)=O)C(=O)O2)O1. The van der Waals surface area contributed by atoms with E-state index in [0.29, 0.717) is 19.3 Å². The molecule has 0 saturated carbocycles. The molecule has 0 bridgehead atoms. The van der Waals surface area contributed by atoms with Crippen molar-refractivity contribution in [3.05, 3.63) is 0 Å². The van der Waals surface area contributed by atoms with Gasteiger partial charge in [0.2, 0.25) is 0 Å². The Bertz CT molecular complexity index is 728. The van der Waals surface area contributed by atoms with Gasteiger partial charge in [-0.25, -0.2) is 0 Å². The molecule has 2 rings (SSSR count). The van der Waals surface area contributed by atoms with Crippen molar-refractivity contribution in [2.45, 2.75) is 211 Å². The highest BCUT2D eigenvalue weighted by atomic mass is 16.6. The molecule has 0 aromatic heterocycles. The van der Waals surface area contributed by atoms with Gasteiger partial charge in [-0.15, -0.1) is 0 Å². The maximum Gasteiger partial charge on any atom is 0.309 e. The summed E-state index contributed by atoms with van der Waals surface area (Å²) in [5.74, 6) is -0.429.